The fraction of sp³-hybridized carbons (Fsp3) is 0.300. The molecule has 9 heteroatoms. The summed E-state index contributed by atoms with van der Waals surface area (Å²) < 4.78 is 23.5. The molecule has 0 saturated heterocycles. The van der Waals surface area contributed by atoms with Crippen molar-refractivity contribution < 1.29 is 13.9 Å². The number of nitrogens with zero attached hydrogens (tertiary/aromatic N) is 5. The maximum absolute atomic E-state index is 15.5. The lowest BCUT2D eigenvalue weighted by Gasteiger charge is -2.29. The van der Waals surface area contributed by atoms with Gasteiger partial charge in [-0.2, -0.15) is 0 Å². The monoisotopic (exact) mass is 543 g/mol. The summed E-state index contributed by atoms with van der Waals surface area (Å²) >= 11 is 6.65. The summed E-state index contributed by atoms with van der Waals surface area (Å²) in [4.78, 5) is 29.6. The van der Waals surface area contributed by atoms with Crippen LogP contribution >= 0.6 is 11.6 Å². The Bertz CT molecular complexity index is 1740. The van der Waals surface area contributed by atoms with E-state index >= 15 is 4.39 Å². The Morgan fingerprint density at radius 1 is 1.00 bits per heavy atom. The second-order valence-corrected chi connectivity index (χ2v) is 10.6. The first-order valence-corrected chi connectivity index (χ1v) is 13.4. The van der Waals surface area contributed by atoms with Crippen LogP contribution in [0.3, 0.4) is 0 Å². The van der Waals surface area contributed by atoms with Crippen LogP contribution in [-0.2, 0) is 4.79 Å². The average molecular weight is 544 g/mol. The molecule has 2 aromatic carbocycles. The highest BCUT2D eigenvalue weighted by atomic mass is 35.5. The molecule has 0 spiro atoms. The second kappa shape index (κ2) is 10.0. The predicted octanol–water partition coefficient (Wildman–Crippen LogP) is 7.56. The van der Waals surface area contributed by atoms with Crippen LogP contribution in [0.15, 0.2) is 48.8 Å². The maximum atomic E-state index is 15.5. The van der Waals surface area contributed by atoms with E-state index in [1.165, 1.54) is 6.07 Å². The van der Waals surface area contributed by atoms with Crippen LogP contribution in [0.2, 0.25) is 5.02 Å². The number of imidazole rings is 1. The number of pyridine rings is 1. The smallest absolute Gasteiger partial charge is 0.322 e. The maximum Gasteiger partial charge on any atom is 0.322 e. The highest BCUT2D eigenvalue weighted by Crippen LogP contribution is 2.40. The van der Waals surface area contributed by atoms with Crippen LogP contribution in [0.4, 0.5) is 4.39 Å². The van der Waals surface area contributed by atoms with E-state index in [0.29, 0.717) is 27.4 Å². The van der Waals surface area contributed by atoms with Gasteiger partial charge in [0.15, 0.2) is 0 Å². The van der Waals surface area contributed by atoms with Crippen LogP contribution in [0, 0.1) is 25.6 Å². The number of rotatable bonds is 5. The summed E-state index contributed by atoms with van der Waals surface area (Å²) in [5, 5.41) is 1.15. The molecule has 0 N–H and O–H groups in total. The molecule has 1 fully saturated rings. The van der Waals surface area contributed by atoms with Crippen molar-refractivity contribution in [2.75, 3.05) is 0 Å². The van der Waals surface area contributed by atoms with Crippen molar-refractivity contribution in [3.63, 3.8) is 0 Å². The van der Waals surface area contributed by atoms with E-state index in [2.05, 4.69) is 19.5 Å². The van der Waals surface area contributed by atoms with Crippen molar-refractivity contribution in [1.82, 2.24) is 24.5 Å². The minimum absolute atomic E-state index is 0.127. The number of halogens is 2. The van der Waals surface area contributed by atoms with Crippen LogP contribution < -0.4 is 4.74 Å². The van der Waals surface area contributed by atoms with Gasteiger partial charge in [-0.15, -0.1) is 0 Å². The Kier molecular flexibility index (Phi) is 6.51. The number of ether oxygens (including phenoxy) is 1. The van der Waals surface area contributed by atoms with Gasteiger partial charge in [-0.3, -0.25) is 9.78 Å². The summed E-state index contributed by atoms with van der Waals surface area (Å²) in [6.45, 7) is 5.52. The van der Waals surface area contributed by atoms with Crippen LogP contribution in [-0.4, -0.2) is 30.3 Å². The third-order valence-corrected chi connectivity index (χ3v) is 7.94. The zero-order valence-corrected chi connectivity index (χ0v) is 22.7. The number of carbonyl (C=O) groups excluding carboxylic acids is 1. The molecule has 1 saturated carbocycles. The van der Waals surface area contributed by atoms with Gasteiger partial charge in [0.05, 0.1) is 22.3 Å². The topological polar surface area (TPSA) is 82.8 Å². The third-order valence-electron chi connectivity index (χ3n) is 7.63. The summed E-state index contributed by atoms with van der Waals surface area (Å²) in [6, 6.07) is 10.6. The minimum atomic E-state index is -0.420. The van der Waals surface area contributed by atoms with E-state index in [1.807, 2.05) is 19.9 Å². The van der Waals surface area contributed by atoms with Crippen molar-refractivity contribution in [3.8, 4) is 22.9 Å². The molecule has 6 rings (SSSR count). The average Bonchev–Trinajstić information content (AvgIpc) is 3.25. The lowest BCUT2D eigenvalue weighted by molar-refractivity contribution is -0.121. The summed E-state index contributed by atoms with van der Waals surface area (Å²) in [5.74, 6) is 1.30. The molecular weight excluding hydrogens is 517 g/mol. The molecule has 1 aliphatic carbocycles. The molecule has 3 heterocycles. The molecule has 0 atom stereocenters. The number of hydrogen-bond donors (Lipinski definition) is 0. The Morgan fingerprint density at radius 2 is 1.79 bits per heavy atom. The molecule has 0 amide bonds. The number of Topliss-reactive ketones (excluding diaryl/α,β-unsaturated/α-hetero) is 1. The summed E-state index contributed by atoms with van der Waals surface area (Å²) in [7, 11) is 0. The number of aromatic nitrogens is 5. The number of hydrogen-bond acceptors (Lipinski definition) is 6. The first-order chi connectivity index (χ1) is 18.8. The van der Waals surface area contributed by atoms with E-state index in [4.69, 9.17) is 21.3 Å². The van der Waals surface area contributed by atoms with Crippen LogP contribution in [0.25, 0.3) is 33.1 Å². The van der Waals surface area contributed by atoms with E-state index < -0.39 is 5.82 Å². The van der Waals surface area contributed by atoms with E-state index in [9.17, 15) is 4.79 Å². The number of fused-ring (bicyclic) bond motifs is 3. The summed E-state index contributed by atoms with van der Waals surface area (Å²) in [5.41, 5.74) is 3.93. The first kappa shape index (κ1) is 25.4. The highest BCUT2D eigenvalue weighted by Gasteiger charge is 2.28. The second-order valence-electron chi connectivity index (χ2n) is 10.2. The number of carbonyl (C=O) groups is 1. The SMILES string of the molecule is Cc1ccnc(Oc2ccc(-c3cc4c(cc3F)ncc3nc(C)n([C@H]5CC[C@H](C(C)=O)CC5)c34)c(Cl)c2)n1. The predicted molar refractivity (Wildman–Crippen MR) is 149 cm³/mol. The molecule has 0 aliphatic heterocycles. The molecular formula is C30H27ClFN5O2. The van der Waals surface area contributed by atoms with Crippen molar-refractivity contribution in [2.24, 2.45) is 5.92 Å². The normalized spacial score (nSPS) is 17.6. The minimum Gasteiger partial charge on any atom is -0.424 e. The van der Waals surface area contributed by atoms with Crippen LogP contribution in [0.5, 0.6) is 11.8 Å². The Hall–Kier alpha value is -3.91. The molecule has 3 aromatic heterocycles. The molecule has 0 unspecified atom stereocenters. The Morgan fingerprint density at radius 3 is 2.51 bits per heavy atom. The van der Waals surface area contributed by atoms with Gasteiger partial charge in [0.2, 0.25) is 0 Å². The zero-order chi connectivity index (χ0) is 27.3. The first-order valence-electron chi connectivity index (χ1n) is 13.0. The molecule has 198 valence electrons. The number of aryl methyl sites for hydroxylation is 2. The van der Waals surface area contributed by atoms with Gasteiger partial charge in [0.1, 0.15) is 28.7 Å². The highest BCUT2D eigenvalue weighted by molar-refractivity contribution is 6.33. The van der Waals surface area contributed by atoms with Crippen molar-refractivity contribution in [3.05, 3.63) is 71.2 Å². The van der Waals surface area contributed by atoms with Gasteiger partial charge < -0.3 is 9.30 Å². The van der Waals surface area contributed by atoms with Gasteiger partial charge in [-0.1, -0.05) is 11.6 Å². The van der Waals surface area contributed by atoms with Gasteiger partial charge in [0.25, 0.3) is 0 Å². The van der Waals surface area contributed by atoms with Crippen molar-refractivity contribution in [1.29, 1.82) is 0 Å². The number of ketones is 1. The zero-order valence-electron chi connectivity index (χ0n) is 21.9. The molecule has 0 bridgehead atoms. The van der Waals surface area contributed by atoms with Crippen LogP contribution in [0.1, 0.15) is 50.2 Å². The Balaban J connectivity index is 1.42. The lowest BCUT2D eigenvalue weighted by atomic mass is 9.83. The fourth-order valence-electron chi connectivity index (χ4n) is 5.67. The molecule has 5 aromatic rings. The van der Waals surface area contributed by atoms with E-state index in [0.717, 1.165) is 53.6 Å². The molecule has 39 heavy (non-hydrogen) atoms. The third kappa shape index (κ3) is 4.74. The number of benzene rings is 2. The summed E-state index contributed by atoms with van der Waals surface area (Å²) in [6.07, 6.45) is 6.83. The van der Waals surface area contributed by atoms with E-state index in [-0.39, 0.29) is 23.8 Å². The van der Waals surface area contributed by atoms with Crippen molar-refractivity contribution >= 4 is 39.3 Å². The largest absolute Gasteiger partial charge is 0.424 e. The lowest BCUT2D eigenvalue weighted by Crippen LogP contribution is -2.22. The van der Waals surface area contributed by atoms with E-state index in [1.54, 1.807) is 43.6 Å². The molecule has 0 radical (unpaired) electrons. The van der Waals surface area contributed by atoms with Gasteiger partial charge in [-0.25, -0.2) is 19.3 Å². The fourth-order valence-corrected chi connectivity index (χ4v) is 5.94. The van der Waals surface area contributed by atoms with Gasteiger partial charge in [0, 0.05) is 52.5 Å². The molecule has 7 nitrogen and oxygen atoms in total. The van der Waals surface area contributed by atoms with Gasteiger partial charge >= 0.3 is 6.01 Å². The Labute approximate surface area is 230 Å². The van der Waals surface area contributed by atoms with Crippen molar-refractivity contribution in [2.45, 2.75) is 52.5 Å². The quantitative estimate of drug-likeness (QED) is 0.227. The molecule has 1 aliphatic rings. The standard InChI is InChI=1S/C30H27ClFN5O2/c1-16-10-11-33-30(35-16)39-21-8-9-22(25(31)12-21)23-13-24-27(14-26(23)32)34-15-28-29(24)37(18(3)36-28)20-6-4-19(5-7-20)17(2)38/h8-15,19-20H,4-7H2,1-3H3/t19-,20-. The van der Waals surface area contributed by atoms with Gasteiger partial charge in [-0.05, 0) is 70.7 Å².